The van der Waals surface area contributed by atoms with Gasteiger partial charge in [-0.05, 0) is 66.2 Å². The third-order valence-corrected chi connectivity index (χ3v) is 4.60. The second-order valence-corrected chi connectivity index (χ2v) is 6.50. The average Bonchev–Trinajstić information content (AvgIpc) is 3.19. The van der Waals surface area contributed by atoms with E-state index in [4.69, 9.17) is 4.74 Å². The van der Waals surface area contributed by atoms with Crippen LogP contribution in [-0.2, 0) is 11.7 Å². The van der Waals surface area contributed by atoms with Gasteiger partial charge in [-0.15, -0.1) is 5.10 Å². The van der Waals surface area contributed by atoms with Crippen LogP contribution in [0.2, 0.25) is 0 Å². The lowest BCUT2D eigenvalue weighted by Crippen LogP contribution is -2.34. The molecule has 148 valence electrons. The molecule has 0 fully saturated rings. The molecule has 0 aliphatic carbocycles. The fourth-order valence-electron chi connectivity index (χ4n) is 2.81. The minimum Gasteiger partial charge on any atom is -0.497 e. The lowest BCUT2D eigenvalue weighted by molar-refractivity contribution is -0.137. The number of hydrogen-bond donors (Lipinski definition) is 1. The predicted octanol–water partition coefficient (Wildman–Crippen LogP) is 4.43. The minimum absolute atomic E-state index is 0.242. The van der Waals surface area contributed by atoms with Crippen LogP contribution in [0.3, 0.4) is 0 Å². The van der Waals surface area contributed by atoms with E-state index in [-0.39, 0.29) is 5.69 Å². The molecular formula is C19H20F3N5O. The molecule has 0 bridgehead atoms. The van der Waals surface area contributed by atoms with Gasteiger partial charge in [-0.25, -0.2) is 0 Å². The molecule has 0 saturated heterocycles. The highest BCUT2D eigenvalue weighted by Gasteiger charge is 2.33. The van der Waals surface area contributed by atoms with Crippen molar-refractivity contribution in [3.63, 3.8) is 0 Å². The number of nitrogens with one attached hydrogen (secondary N) is 1. The summed E-state index contributed by atoms with van der Waals surface area (Å²) in [6.07, 6.45) is -3.85. The molecule has 9 heteroatoms. The molecule has 3 aromatic rings. The molecule has 1 aromatic heterocycles. The third-order valence-electron chi connectivity index (χ3n) is 4.60. The number of benzene rings is 2. The van der Waals surface area contributed by atoms with E-state index < -0.39 is 17.3 Å². The van der Waals surface area contributed by atoms with Crippen LogP contribution < -0.4 is 10.1 Å². The molecule has 0 spiro atoms. The Bertz CT molecular complexity index is 939. The third kappa shape index (κ3) is 3.92. The van der Waals surface area contributed by atoms with E-state index in [9.17, 15) is 13.2 Å². The normalized spacial score (nSPS) is 13.8. The fraction of sp³-hybridized carbons (Fsp3) is 0.316. The number of ether oxygens (including phenoxy) is 1. The van der Waals surface area contributed by atoms with Gasteiger partial charge in [0.25, 0.3) is 0 Å². The summed E-state index contributed by atoms with van der Waals surface area (Å²) in [6.45, 7) is 3.84. The molecule has 0 saturated carbocycles. The summed E-state index contributed by atoms with van der Waals surface area (Å²) in [7, 11) is 1.59. The maximum atomic E-state index is 13.1. The van der Waals surface area contributed by atoms with Gasteiger partial charge in [0.05, 0.1) is 23.9 Å². The van der Waals surface area contributed by atoms with Crippen molar-refractivity contribution in [1.29, 1.82) is 0 Å². The standard InChI is InChI=1S/C19H20F3N5O/c1-4-18(2,23-14-8-10-16(28-3)11-9-14)17-24-25-26-27(17)15-7-5-6-13(12-15)19(20,21)22/h5-12,23H,4H2,1-3H3/t18-/m1/s1. The van der Waals surface area contributed by atoms with Crippen LogP contribution in [0.15, 0.2) is 48.5 Å². The second-order valence-electron chi connectivity index (χ2n) is 6.50. The number of aromatic nitrogens is 4. The Morgan fingerprint density at radius 3 is 2.43 bits per heavy atom. The van der Waals surface area contributed by atoms with E-state index >= 15 is 0 Å². The van der Waals surface area contributed by atoms with Gasteiger partial charge in [0.15, 0.2) is 5.82 Å². The largest absolute Gasteiger partial charge is 0.497 e. The molecule has 0 unspecified atom stereocenters. The minimum atomic E-state index is -4.44. The second kappa shape index (κ2) is 7.49. The monoisotopic (exact) mass is 391 g/mol. The number of methoxy groups -OCH3 is 1. The molecule has 2 aromatic carbocycles. The summed E-state index contributed by atoms with van der Waals surface area (Å²) in [5, 5.41) is 15.1. The lowest BCUT2D eigenvalue weighted by Gasteiger charge is -2.29. The van der Waals surface area contributed by atoms with Crippen molar-refractivity contribution in [3.8, 4) is 11.4 Å². The Labute approximate surface area is 160 Å². The van der Waals surface area contributed by atoms with E-state index in [0.29, 0.717) is 12.2 Å². The average molecular weight is 391 g/mol. The highest BCUT2D eigenvalue weighted by molar-refractivity contribution is 5.49. The van der Waals surface area contributed by atoms with E-state index in [0.717, 1.165) is 23.6 Å². The van der Waals surface area contributed by atoms with Crippen LogP contribution in [-0.4, -0.2) is 27.3 Å². The highest BCUT2D eigenvalue weighted by Crippen LogP contribution is 2.32. The molecule has 3 rings (SSSR count). The number of nitrogens with zero attached hydrogens (tertiary/aromatic N) is 4. The molecule has 0 radical (unpaired) electrons. The maximum Gasteiger partial charge on any atom is 0.416 e. The first-order valence-corrected chi connectivity index (χ1v) is 8.65. The van der Waals surface area contributed by atoms with Crippen molar-refractivity contribution in [2.75, 3.05) is 12.4 Å². The van der Waals surface area contributed by atoms with Crippen LogP contribution in [0.1, 0.15) is 31.7 Å². The molecular weight excluding hydrogens is 371 g/mol. The van der Waals surface area contributed by atoms with Gasteiger partial charge in [-0.3, -0.25) is 0 Å². The van der Waals surface area contributed by atoms with E-state index in [1.165, 1.54) is 10.7 Å². The van der Waals surface area contributed by atoms with Gasteiger partial charge in [0.2, 0.25) is 0 Å². The zero-order valence-electron chi connectivity index (χ0n) is 15.7. The first kappa shape index (κ1) is 19.7. The summed E-state index contributed by atoms with van der Waals surface area (Å²) < 4.78 is 45.7. The van der Waals surface area contributed by atoms with Gasteiger partial charge in [0.1, 0.15) is 5.75 Å². The van der Waals surface area contributed by atoms with E-state index in [1.54, 1.807) is 13.2 Å². The summed E-state index contributed by atoms with van der Waals surface area (Å²) >= 11 is 0. The van der Waals surface area contributed by atoms with Crippen LogP contribution in [0.4, 0.5) is 18.9 Å². The molecule has 1 atom stereocenters. The van der Waals surface area contributed by atoms with Crippen LogP contribution >= 0.6 is 0 Å². The Morgan fingerprint density at radius 1 is 1.11 bits per heavy atom. The first-order chi connectivity index (χ1) is 13.3. The summed E-state index contributed by atoms with van der Waals surface area (Å²) in [5.41, 5.74) is -0.422. The van der Waals surface area contributed by atoms with Crippen LogP contribution in [0.25, 0.3) is 5.69 Å². The lowest BCUT2D eigenvalue weighted by atomic mass is 9.97. The molecule has 0 amide bonds. The number of rotatable bonds is 6. The topological polar surface area (TPSA) is 64.9 Å². The SMILES string of the molecule is CC[C@@](C)(Nc1ccc(OC)cc1)c1nnnn1-c1cccc(C(F)(F)F)c1. The molecule has 1 heterocycles. The van der Waals surface area contributed by atoms with Gasteiger partial charge in [0, 0.05) is 5.69 Å². The Balaban J connectivity index is 1.98. The summed E-state index contributed by atoms with van der Waals surface area (Å²) in [4.78, 5) is 0. The van der Waals surface area contributed by atoms with Gasteiger partial charge < -0.3 is 10.1 Å². The molecule has 1 N–H and O–H groups in total. The fourth-order valence-corrected chi connectivity index (χ4v) is 2.81. The molecule has 6 nitrogen and oxygen atoms in total. The number of tetrazole rings is 1. The van der Waals surface area contributed by atoms with Crippen LogP contribution in [0.5, 0.6) is 5.75 Å². The molecule has 0 aliphatic rings. The Kier molecular flexibility index (Phi) is 5.26. The van der Waals surface area contributed by atoms with Crippen molar-refractivity contribution in [2.45, 2.75) is 32.0 Å². The predicted molar refractivity (Wildman–Crippen MR) is 98.4 cm³/mol. The molecule has 0 aliphatic heterocycles. The number of hydrogen-bond acceptors (Lipinski definition) is 5. The van der Waals surface area contributed by atoms with Crippen molar-refractivity contribution in [3.05, 3.63) is 59.9 Å². The van der Waals surface area contributed by atoms with Gasteiger partial charge in [-0.2, -0.15) is 17.9 Å². The zero-order valence-corrected chi connectivity index (χ0v) is 15.7. The highest BCUT2D eigenvalue weighted by atomic mass is 19.4. The van der Waals surface area contributed by atoms with Gasteiger partial charge in [-0.1, -0.05) is 13.0 Å². The number of halogens is 3. The van der Waals surface area contributed by atoms with E-state index in [1.807, 2.05) is 38.1 Å². The smallest absolute Gasteiger partial charge is 0.416 e. The Morgan fingerprint density at radius 2 is 1.82 bits per heavy atom. The zero-order chi connectivity index (χ0) is 20.4. The van der Waals surface area contributed by atoms with Crippen molar-refractivity contribution >= 4 is 5.69 Å². The molecule has 28 heavy (non-hydrogen) atoms. The quantitative estimate of drug-likeness (QED) is 0.674. The number of alkyl halides is 3. The Hall–Kier alpha value is -3.10. The maximum absolute atomic E-state index is 13.1. The number of anilines is 1. The first-order valence-electron chi connectivity index (χ1n) is 8.65. The van der Waals surface area contributed by atoms with Crippen LogP contribution in [0, 0.1) is 0 Å². The van der Waals surface area contributed by atoms with Gasteiger partial charge >= 0.3 is 6.18 Å². The van der Waals surface area contributed by atoms with Crippen molar-refractivity contribution in [2.24, 2.45) is 0 Å². The summed E-state index contributed by atoms with van der Waals surface area (Å²) in [6, 6.07) is 12.3. The summed E-state index contributed by atoms with van der Waals surface area (Å²) in [5.74, 6) is 1.13. The van der Waals surface area contributed by atoms with E-state index in [2.05, 4.69) is 20.8 Å². The van der Waals surface area contributed by atoms with Crippen molar-refractivity contribution in [1.82, 2.24) is 20.2 Å². The van der Waals surface area contributed by atoms with Crippen molar-refractivity contribution < 1.29 is 17.9 Å².